The first-order valence-electron chi connectivity index (χ1n) is 8.92. The Bertz CT molecular complexity index is 673. The van der Waals surface area contributed by atoms with Gasteiger partial charge in [-0.3, -0.25) is 4.79 Å². The Kier molecular flexibility index (Phi) is 7.80. The maximum absolute atomic E-state index is 12.4. The smallest absolute Gasteiger partial charge is 0.220 e. The average molecular weight is 360 g/mol. The van der Waals surface area contributed by atoms with E-state index in [1.54, 1.807) is 18.2 Å². The number of hydrogen-bond acceptors (Lipinski definition) is 2. The summed E-state index contributed by atoms with van der Waals surface area (Å²) in [5.41, 5.74) is 1.67. The van der Waals surface area contributed by atoms with E-state index in [0.29, 0.717) is 17.1 Å². The lowest BCUT2D eigenvalue weighted by Gasteiger charge is -2.19. The van der Waals surface area contributed by atoms with Crippen molar-refractivity contribution in [3.05, 3.63) is 64.7 Å². The van der Waals surface area contributed by atoms with Crippen LogP contribution in [0.25, 0.3) is 0 Å². The van der Waals surface area contributed by atoms with Crippen molar-refractivity contribution in [3.8, 4) is 5.75 Å². The van der Waals surface area contributed by atoms with Gasteiger partial charge in [-0.1, -0.05) is 68.1 Å². The molecule has 2 aromatic carbocycles. The van der Waals surface area contributed by atoms with Gasteiger partial charge in [0.1, 0.15) is 5.75 Å². The number of unbranched alkanes of at least 4 members (excludes halogenated alkanes) is 3. The van der Waals surface area contributed by atoms with Gasteiger partial charge in [0, 0.05) is 29.5 Å². The van der Waals surface area contributed by atoms with E-state index in [4.69, 9.17) is 11.6 Å². The molecule has 2 aromatic rings. The highest BCUT2D eigenvalue weighted by Gasteiger charge is 2.21. The SMILES string of the molecule is CCCCCCNC(=O)CC(c1ccccc1)c1cc(Cl)ccc1O. The van der Waals surface area contributed by atoms with E-state index >= 15 is 0 Å². The van der Waals surface area contributed by atoms with E-state index in [9.17, 15) is 9.90 Å². The van der Waals surface area contributed by atoms with Crippen LogP contribution in [0.5, 0.6) is 5.75 Å². The Hall–Kier alpha value is -2.00. The van der Waals surface area contributed by atoms with Crippen molar-refractivity contribution in [2.75, 3.05) is 6.54 Å². The minimum atomic E-state index is -0.226. The molecule has 0 aromatic heterocycles. The third-order valence-electron chi connectivity index (χ3n) is 4.31. The van der Waals surface area contributed by atoms with Gasteiger partial charge in [-0.15, -0.1) is 0 Å². The third-order valence-corrected chi connectivity index (χ3v) is 4.54. The molecule has 1 unspecified atom stereocenters. The number of hydrogen-bond donors (Lipinski definition) is 2. The molecule has 0 saturated heterocycles. The van der Waals surface area contributed by atoms with E-state index in [1.807, 2.05) is 30.3 Å². The van der Waals surface area contributed by atoms with Gasteiger partial charge in [0.2, 0.25) is 5.91 Å². The van der Waals surface area contributed by atoms with E-state index in [1.165, 1.54) is 12.8 Å². The molecule has 0 aliphatic rings. The number of halogens is 1. The van der Waals surface area contributed by atoms with Crippen molar-refractivity contribution < 1.29 is 9.90 Å². The Morgan fingerprint density at radius 3 is 2.60 bits per heavy atom. The molecular weight excluding hydrogens is 334 g/mol. The Labute approximate surface area is 155 Å². The fraction of sp³-hybridized carbons (Fsp3) is 0.381. The molecule has 4 heteroatoms. The minimum absolute atomic E-state index is 0.00951. The first-order chi connectivity index (χ1) is 12.1. The van der Waals surface area contributed by atoms with Gasteiger partial charge in [0.05, 0.1) is 0 Å². The molecule has 0 heterocycles. The van der Waals surface area contributed by atoms with E-state index < -0.39 is 0 Å². The van der Waals surface area contributed by atoms with Gasteiger partial charge in [0.15, 0.2) is 0 Å². The Morgan fingerprint density at radius 2 is 1.88 bits per heavy atom. The molecule has 1 amide bonds. The summed E-state index contributed by atoms with van der Waals surface area (Å²) in [6.45, 7) is 2.86. The topological polar surface area (TPSA) is 49.3 Å². The van der Waals surface area contributed by atoms with Gasteiger partial charge in [-0.2, -0.15) is 0 Å². The highest BCUT2D eigenvalue weighted by atomic mass is 35.5. The second kappa shape index (κ2) is 10.1. The van der Waals surface area contributed by atoms with Crippen LogP contribution >= 0.6 is 11.6 Å². The van der Waals surface area contributed by atoms with Crippen molar-refractivity contribution in [2.45, 2.75) is 44.9 Å². The highest BCUT2D eigenvalue weighted by Crippen LogP contribution is 2.35. The number of phenolic OH excluding ortho intramolecular Hbond substituents is 1. The van der Waals surface area contributed by atoms with Gasteiger partial charge in [-0.25, -0.2) is 0 Å². The van der Waals surface area contributed by atoms with E-state index in [2.05, 4.69) is 12.2 Å². The predicted octanol–water partition coefficient (Wildman–Crippen LogP) is 5.26. The van der Waals surface area contributed by atoms with Gasteiger partial charge in [-0.05, 0) is 30.2 Å². The molecule has 0 spiro atoms. The van der Waals surface area contributed by atoms with Crippen LogP contribution in [0.2, 0.25) is 5.02 Å². The second-order valence-electron chi connectivity index (χ2n) is 6.28. The van der Waals surface area contributed by atoms with Crippen molar-refractivity contribution in [1.29, 1.82) is 0 Å². The number of carbonyl (C=O) groups is 1. The average Bonchev–Trinajstić information content (AvgIpc) is 2.62. The quantitative estimate of drug-likeness (QED) is 0.599. The number of benzene rings is 2. The monoisotopic (exact) mass is 359 g/mol. The first kappa shape index (κ1) is 19.3. The van der Waals surface area contributed by atoms with Crippen LogP contribution < -0.4 is 5.32 Å². The van der Waals surface area contributed by atoms with Crippen LogP contribution in [-0.4, -0.2) is 17.6 Å². The first-order valence-corrected chi connectivity index (χ1v) is 9.29. The fourth-order valence-corrected chi connectivity index (χ4v) is 3.11. The van der Waals surface area contributed by atoms with E-state index in [-0.39, 0.29) is 24.0 Å². The molecule has 0 aliphatic heterocycles. The lowest BCUT2D eigenvalue weighted by Crippen LogP contribution is -2.26. The van der Waals surface area contributed by atoms with Crippen LogP contribution in [0.3, 0.4) is 0 Å². The number of carbonyl (C=O) groups excluding carboxylic acids is 1. The summed E-state index contributed by atoms with van der Waals surface area (Å²) in [6, 6.07) is 14.7. The highest BCUT2D eigenvalue weighted by molar-refractivity contribution is 6.30. The van der Waals surface area contributed by atoms with Crippen molar-refractivity contribution in [2.24, 2.45) is 0 Å². The molecule has 25 heavy (non-hydrogen) atoms. The van der Waals surface area contributed by atoms with Crippen molar-refractivity contribution >= 4 is 17.5 Å². The molecule has 1 atom stereocenters. The zero-order valence-electron chi connectivity index (χ0n) is 14.7. The summed E-state index contributed by atoms with van der Waals surface area (Å²) >= 11 is 6.11. The fourth-order valence-electron chi connectivity index (χ4n) is 2.93. The Morgan fingerprint density at radius 1 is 1.12 bits per heavy atom. The normalized spacial score (nSPS) is 11.9. The summed E-state index contributed by atoms with van der Waals surface area (Å²) in [4.78, 5) is 12.4. The molecule has 0 radical (unpaired) electrons. The molecule has 0 aliphatic carbocycles. The zero-order chi connectivity index (χ0) is 18.1. The van der Waals surface area contributed by atoms with Crippen LogP contribution in [0.4, 0.5) is 0 Å². The molecule has 2 N–H and O–H groups in total. The predicted molar refractivity (Wildman–Crippen MR) is 103 cm³/mol. The van der Waals surface area contributed by atoms with E-state index in [0.717, 1.165) is 18.4 Å². The van der Waals surface area contributed by atoms with Crippen molar-refractivity contribution in [1.82, 2.24) is 5.32 Å². The summed E-state index contributed by atoms with van der Waals surface area (Å²) in [6.07, 6.45) is 4.79. The summed E-state index contributed by atoms with van der Waals surface area (Å²) in [5, 5.41) is 13.8. The molecule has 0 saturated carbocycles. The van der Waals surface area contributed by atoms with Crippen LogP contribution in [-0.2, 0) is 4.79 Å². The number of aromatic hydroxyl groups is 1. The van der Waals surface area contributed by atoms with Crippen molar-refractivity contribution in [3.63, 3.8) is 0 Å². The molecule has 3 nitrogen and oxygen atoms in total. The summed E-state index contributed by atoms with van der Waals surface area (Å²) in [7, 11) is 0. The largest absolute Gasteiger partial charge is 0.508 e. The van der Waals surface area contributed by atoms with Gasteiger partial charge < -0.3 is 10.4 Å². The number of nitrogens with one attached hydrogen (secondary N) is 1. The minimum Gasteiger partial charge on any atom is -0.508 e. The lowest BCUT2D eigenvalue weighted by molar-refractivity contribution is -0.121. The molecular formula is C21H26ClNO2. The number of amides is 1. The van der Waals surface area contributed by atoms with Gasteiger partial charge in [0.25, 0.3) is 0 Å². The second-order valence-corrected chi connectivity index (χ2v) is 6.72. The summed E-state index contributed by atoms with van der Waals surface area (Å²) in [5.74, 6) is -0.0748. The number of phenols is 1. The lowest BCUT2D eigenvalue weighted by atomic mass is 9.87. The van der Waals surface area contributed by atoms with Gasteiger partial charge >= 0.3 is 0 Å². The third kappa shape index (κ3) is 6.09. The van der Waals surface area contributed by atoms with Crippen LogP contribution in [0, 0.1) is 0 Å². The standard InChI is InChI=1S/C21H26ClNO2/c1-2-3-4-8-13-23-21(25)15-18(16-9-6-5-7-10-16)19-14-17(22)11-12-20(19)24/h5-7,9-12,14,18,24H,2-4,8,13,15H2,1H3,(H,23,25). The summed E-state index contributed by atoms with van der Waals surface area (Å²) < 4.78 is 0. The Balaban J connectivity index is 2.11. The van der Waals surface area contributed by atoms with Crippen LogP contribution in [0.1, 0.15) is 56.1 Å². The molecule has 2 rings (SSSR count). The zero-order valence-corrected chi connectivity index (χ0v) is 15.4. The molecule has 0 fully saturated rings. The van der Waals surface area contributed by atoms with Crippen LogP contribution in [0.15, 0.2) is 48.5 Å². The maximum Gasteiger partial charge on any atom is 0.220 e. The molecule has 0 bridgehead atoms. The number of rotatable bonds is 9. The maximum atomic E-state index is 12.4. The molecule has 134 valence electrons.